The van der Waals surface area contributed by atoms with Crippen molar-refractivity contribution in [1.29, 1.82) is 0 Å². The molecule has 1 atom stereocenters. The molecule has 1 amide bonds. The molecular weight excluding hydrogens is 248 g/mol. The highest BCUT2D eigenvalue weighted by molar-refractivity contribution is 5.82. The van der Waals surface area contributed by atoms with Crippen molar-refractivity contribution in [1.82, 2.24) is 10.2 Å². The Labute approximate surface area is 123 Å². The summed E-state index contributed by atoms with van der Waals surface area (Å²) >= 11 is 0. The Morgan fingerprint density at radius 1 is 1.25 bits per heavy atom. The van der Waals surface area contributed by atoms with E-state index < -0.39 is 0 Å². The molecule has 3 heteroatoms. The highest BCUT2D eigenvalue weighted by Crippen LogP contribution is 2.12. The molecule has 20 heavy (non-hydrogen) atoms. The van der Waals surface area contributed by atoms with Gasteiger partial charge in [0.1, 0.15) is 0 Å². The average Bonchev–Trinajstić information content (AvgIpc) is 2.43. The molecule has 112 valence electrons. The number of rotatable bonds is 7. The van der Waals surface area contributed by atoms with Gasteiger partial charge in [0.25, 0.3) is 0 Å². The van der Waals surface area contributed by atoms with Crippen LogP contribution in [0.1, 0.15) is 38.3 Å². The molecule has 0 saturated carbocycles. The Kier molecular flexibility index (Phi) is 6.73. The maximum Gasteiger partial charge on any atom is 0.237 e. The van der Waals surface area contributed by atoms with Crippen LogP contribution in [0.4, 0.5) is 0 Å². The van der Waals surface area contributed by atoms with Crippen LogP contribution < -0.4 is 5.32 Å². The summed E-state index contributed by atoms with van der Waals surface area (Å²) in [6.45, 7) is 9.14. The van der Waals surface area contributed by atoms with Crippen LogP contribution in [0.5, 0.6) is 0 Å². The number of likely N-dealkylation sites (N-methyl/N-ethyl adjacent to an activating group) is 1. The lowest BCUT2D eigenvalue weighted by Crippen LogP contribution is -2.49. The highest BCUT2D eigenvalue weighted by atomic mass is 16.2. The lowest BCUT2D eigenvalue weighted by molar-refractivity contribution is -0.126. The van der Waals surface area contributed by atoms with Crippen molar-refractivity contribution in [2.24, 2.45) is 0 Å². The Bertz CT molecular complexity index is 412. The molecule has 0 aromatic heterocycles. The Morgan fingerprint density at radius 2 is 1.85 bits per heavy atom. The molecule has 1 N–H and O–H groups in total. The van der Waals surface area contributed by atoms with Crippen molar-refractivity contribution >= 4 is 5.91 Å². The van der Waals surface area contributed by atoms with Gasteiger partial charge < -0.3 is 5.32 Å². The first-order valence-corrected chi connectivity index (χ1v) is 7.50. The van der Waals surface area contributed by atoms with Crippen molar-refractivity contribution < 1.29 is 4.79 Å². The number of benzene rings is 1. The molecule has 3 nitrogen and oxygen atoms in total. The van der Waals surface area contributed by atoms with Gasteiger partial charge in [-0.3, -0.25) is 9.69 Å². The summed E-state index contributed by atoms with van der Waals surface area (Å²) in [6, 6.07) is 8.67. The van der Waals surface area contributed by atoms with Gasteiger partial charge >= 0.3 is 0 Å². The predicted octanol–water partition coefficient (Wildman–Crippen LogP) is 2.77. The number of nitrogens with zero attached hydrogens (tertiary/aromatic N) is 1. The minimum Gasteiger partial charge on any atom is -0.355 e. The largest absolute Gasteiger partial charge is 0.355 e. The van der Waals surface area contributed by atoms with Crippen LogP contribution in [-0.2, 0) is 11.2 Å². The quantitative estimate of drug-likeness (QED) is 0.830. The van der Waals surface area contributed by atoms with Crippen LogP contribution in [0.15, 0.2) is 24.3 Å². The third kappa shape index (κ3) is 4.97. The smallest absolute Gasteiger partial charge is 0.237 e. The second kappa shape index (κ2) is 8.05. The van der Waals surface area contributed by atoms with Gasteiger partial charge in [-0.1, -0.05) is 36.8 Å². The van der Waals surface area contributed by atoms with Gasteiger partial charge in [0.15, 0.2) is 0 Å². The van der Waals surface area contributed by atoms with E-state index in [0.29, 0.717) is 6.04 Å². The van der Waals surface area contributed by atoms with E-state index in [4.69, 9.17) is 0 Å². The summed E-state index contributed by atoms with van der Waals surface area (Å²) < 4.78 is 0. The van der Waals surface area contributed by atoms with Crippen molar-refractivity contribution in [2.75, 3.05) is 13.6 Å². The topological polar surface area (TPSA) is 32.3 Å². The summed E-state index contributed by atoms with van der Waals surface area (Å²) in [6.07, 6.45) is 1.72. The van der Waals surface area contributed by atoms with Gasteiger partial charge in [-0.15, -0.1) is 0 Å². The van der Waals surface area contributed by atoms with Gasteiger partial charge in [0.2, 0.25) is 5.91 Å². The second-order valence-corrected chi connectivity index (χ2v) is 5.76. The molecule has 0 spiro atoms. The van der Waals surface area contributed by atoms with Crippen LogP contribution in [0.25, 0.3) is 0 Å². The van der Waals surface area contributed by atoms with E-state index >= 15 is 0 Å². The summed E-state index contributed by atoms with van der Waals surface area (Å²) in [5.41, 5.74) is 2.46. The molecule has 0 aliphatic carbocycles. The van der Waals surface area contributed by atoms with Crippen LogP contribution in [0, 0.1) is 6.92 Å². The predicted molar refractivity (Wildman–Crippen MR) is 84.9 cm³/mol. The zero-order valence-electron chi connectivity index (χ0n) is 13.4. The monoisotopic (exact) mass is 276 g/mol. The van der Waals surface area contributed by atoms with Crippen molar-refractivity contribution in [3.8, 4) is 0 Å². The first-order chi connectivity index (χ1) is 9.45. The number of aryl methyl sites for hydroxylation is 1. The standard InChI is InChI=1S/C17H28N2O/c1-6-11-18-17(20)16(19(5)13(2)3)12-15-9-7-14(4)8-10-15/h7-10,13,16H,6,11-12H2,1-5H3,(H,18,20). The van der Waals surface area contributed by atoms with Gasteiger partial charge in [-0.05, 0) is 46.2 Å². The van der Waals surface area contributed by atoms with Crippen LogP contribution in [-0.4, -0.2) is 36.5 Å². The number of hydrogen-bond donors (Lipinski definition) is 1. The molecule has 0 bridgehead atoms. The molecule has 0 aliphatic rings. The molecule has 1 rings (SSSR count). The zero-order valence-corrected chi connectivity index (χ0v) is 13.4. The van der Waals surface area contributed by atoms with E-state index in [1.165, 1.54) is 11.1 Å². The van der Waals surface area contributed by atoms with Crippen molar-refractivity contribution in [2.45, 2.75) is 52.6 Å². The molecule has 1 aromatic carbocycles. The fraction of sp³-hybridized carbons (Fsp3) is 0.588. The summed E-state index contributed by atoms with van der Waals surface area (Å²) in [5.74, 6) is 0.128. The minimum absolute atomic E-state index is 0.107. The molecule has 0 heterocycles. The Balaban J connectivity index is 2.81. The number of carbonyl (C=O) groups is 1. The van der Waals surface area contributed by atoms with Crippen molar-refractivity contribution in [3.05, 3.63) is 35.4 Å². The summed E-state index contributed by atoms with van der Waals surface area (Å²) in [4.78, 5) is 14.5. The van der Waals surface area contributed by atoms with Crippen LogP contribution in [0.3, 0.4) is 0 Å². The maximum atomic E-state index is 12.4. The number of carbonyl (C=O) groups excluding carboxylic acids is 1. The zero-order chi connectivity index (χ0) is 15.1. The molecule has 0 fully saturated rings. The van der Waals surface area contributed by atoms with Gasteiger partial charge in [0.05, 0.1) is 6.04 Å². The van der Waals surface area contributed by atoms with E-state index in [0.717, 1.165) is 19.4 Å². The molecular formula is C17H28N2O. The van der Waals surface area contributed by atoms with E-state index in [1.807, 2.05) is 7.05 Å². The molecule has 1 aromatic rings. The third-order valence-corrected chi connectivity index (χ3v) is 3.71. The molecule has 0 radical (unpaired) electrons. The van der Waals surface area contributed by atoms with Gasteiger partial charge in [-0.25, -0.2) is 0 Å². The number of amides is 1. The van der Waals surface area contributed by atoms with E-state index in [-0.39, 0.29) is 11.9 Å². The summed E-state index contributed by atoms with van der Waals surface area (Å²) in [5, 5.41) is 3.02. The maximum absolute atomic E-state index is 12.4. The third-order valence-electron chi connectivity index (χ3n) is 3.71. The normalized spacial score (nSPS) is 12.8. The lowest BCUT2D eigenvalue weighted by atomic mass is 10.0. The Hall–Kier alpha value is -1.35. The minimum atomic E-state index is -0.107. The van der Waals surface area contributed by atoms with E-state index in [9.17, 15) is 4.79 Å². The summed E-state index contributed by atoms with van der Waals surface area (Å²) in [7, 11) is 2.02. The fourth-order valence-corrected chi connectivity index (χ4v) is 2.09. The van der Waals surface area contributed by atoms with Crippen molar-refractivity contribution in [3.63, 3.8) is 0 Å². The lowest BCUT2D eigenvalue weighted by Gasteiger charge is -2.30. The second-order valence-electron chi connectivity index (χ2n) is 5.76. The SMILES string of the molecule is CCCNC(=O)C(Cc1ccc(C)cc1)N(C)C(C)C. The Morgan fingerprint density at radius 3 is 2.35 bits per heavy atom. The number of hydrogen-bond acceptors (Lipinski definition) is 2. The van der Waals surface area contributed by atoms with Crippen LogP contribution in [0.2, 0.25) is 0 Å². The average molecular weight is 276 g/mol. The van der Waals surface area contributed by atoms with Gasteiger partial charge in [-0.2, -0.15) is 0 Å². The molecule has 0 saturated heterocycles. The van der Waals surface area contributed by atoms with E-state index in [2.05, 4.69) is 62.2 Å². The van der Waals surface area contributed by atoms with E-state index in [1.54, 1.807) is 0 Å². The first-order valence-electron chi connectivity index (χ1n) is 7.50. The highest BCUT2D eigenvalue weighted by Gasteiger charge is 2.24. The first kappa shape index (κ1) is 16.7. The fourth-order valence-electron chi connectivity index (χ4n) is 2.09. The number of nitrogens with one attached hydrogen (secondary N) is 1. The van der Waals surface area contributed by atoms with Crippen LogP contribution >= 0.6 is 0 Å². The van der Waals surface area contributed by atoms with Gasteiger partial charge in [0, 0.05) is 12.6 Å². The molecule has 1 unspecified atom stereocenters. The molecule has 0 aliphatic heterocycles.